The molecule has 0 aromatic heterocycles. The molecule has 0 rings (SSSR count). The summed E-state index contributed by atoms with van der Waals surface area (Å²) in [5.74, 6) is 0. The van der Waals surface area contributed by atoms with E-state index in [2.05, 4.69) is 17.6 Å². The summed E-state index contributed by atoms with van der Waals surface area (Å²) >= 11 is 3.82. The van der Waals surface area contributed by atoms with Crippen LogP contribution in [-0.4, -0.2) is 23.6 Å². The number of amides is 1. The van der Waals surface area contributed by atoms with Crippen LogP contribution < -0.4 is 0 Å². The maximum atomic E-state index is 10.6. The molecule has 56 valence electrons. The summed E-state index contributed by atoms with van der Waals surface area (Å²) < 4.78 is 5.82. The average Bonchev–Trinajstić information content (AvgIpc) is 1.87. The summed E-state index contributed by atoms with van der Waals surface area (Å²) in [5.41, 5.74) is 0. The Bertz CT molecular complexity index is 102. The summed E-state index contributed by atoms with van der Waals surface area (Å²) in [4.78, 5) is 10.6. The summed E-state index contributed by atoms with van der Waals surface area (Å²) in [5, 5.41) is 0. The molecule has 1 amide bonds. The van der Waals surface area contributed by atoms with E-state index in [0.717, 1.165) is 0 Å². The van der Waals surface area contributed by atoms with Gasteiger partial charge >= 0.3 is 6.09 Å². The zero-order valence-electron chi connectivity index (χ0n) is 6.33. The zero-order valence-corrected chi connectivity index (χ0v) is 10.2. The van der Waals surface area contributed by atoms with Crippen molar-refractivity contribution in [1.29, 1.82) is 0 Å². The van der Waals surface area contributed by atoms with E-state index in [9.17, 15) is 4.79 Å². The van der Waals surface area contributed by atoms with Gasteiger partial charge < -0.3 is 4.74 Å². The molecule has 0 unspecified atom stereocenters. The van der Waals surface area contributed by atoms with Gasteiger partial charge in [-0.25, -0.2) is 4.79 Å². The van der Waals surface area contributed by atoms with Crippen LogP contribution in [-0.2, 0) is 24.2 Å². The second kappa shape index (κ2) is 7.35. The Hall–Kier alpha value is 0.243. The van der Waals surface area contributed by atoms with E-state index in [-0.39, 0.29) is 25.6 Å². The molecule has 3 nitrogen and oxygen atoms in total. The van der Waals surface area contributed by atoms with Crippen LogP contribution >= 0.6 is 12.8 Å². The average molecular weight is 215 g/mol. The Morgan fingerprint density at radius 2 is 2.10 bits per heavy atom. The van der Waals surface area contributed by atoms with Crippen molar-refractivity contribution in [3.63, 3.8) is 0 Å². The van der Waals surface area contributed by atoms with E-state index >= 15 is 0 Å². The number of carbonyl (C=O) groups is 1. The van der Waals surface area contributed by atoms with Crippen molar-refractivity contribution in [1.82, 2.24) is 4.31 Å². The van der Waals surface area contributed by atoms with Crippen molar-refractivity contribution in [2.45, 2.75) is 13.8 Å². The van der Waals surface area contributed by atoms with Gasteiger partial charge in [-0.2, -0.15) is 0 Å². The minimum atomic E-state index is -0.386. The van der Waals surface area contributed by atoms with Gasteiger partial charge in [0.2, 0.25) is 0 Å². The maximum absolute atomic E-state index is 10.6. The van der Waals surface area contributed by atoms with Crippen LogP contribution in [0.5, 0.6) is 0 Å². The van der Waals surface area contributed by atoms with Gasteiger partial charge in [-0.1, -0.05) is 12.8 Å². The summed E-state index contributed by atoms with van der Waals surface area (Å²) in [6.45, 7) is 4.54. The van der Waals surface area contributed by atoms with E-state index in [1.54, 1.807) is 6.92 Å². The van der Waals surface area contributed by atoms with Gasteiger partial charge in [-0.15, -0.1) is 0 Å². The van der Waals surface area contributed by atoms with Gasteiger partial charge in [0.1, 0.15) is 0 Å². The predicted octanol–water partition coefficient (Wildman–Crippen LogP) is 1.31. The number of carbonyl (C=O) groups excluding carboxylic acids is 1. The summed E-state index contributed by atoms with van der Waals surface area (Å²) in [6, 6.07) is 0. The smallest absolute Gasteiger partial charge is 0.419 e. The second-order valence-corrected chi connectivity index (χ2v) is 1.90. The largest absolute Gasteiger partial charge is 0.449 e. The van der Waals surface area contributed by atoms with Crippen molar-refractivity contribution in [3.05, 3.63) is 0 Å². The van der Waals surface area contributed by atoms with E-state index < -0.39 is 0 Å². The van der Waals surface area contributed by atoms with Crippen molar-refractivity contribution < 1.29 is 29.0 Å². The van der Waals surface area contributed by atoms with Crippen molar-refractivity contribution in [2.24, 2.45) is 0 Å². The maximum Gasteiger partial charge on any atom is 0.419 e. The van der Waals surface area contributed by atoms with Crippen LogP contribution in [0.25, 0.3) is 0 Å². The number of hydrogen-bond donors (Lipinski definition) is 1. The first-order valence-corrected chi connectivity index (χ1v) is 3.25. The molecular weight excluding hydrogens is 204 g/mol. The van der Waals surface area contributed by atoms with Crippen LogP contribution in [0.15, 0.2) is 0 Å². The third-order valence-corrected chi connectivity index (χ3v) is 1.22. The third-order valence-electron chi connectivity index (χ3n) is 0.778. The molecule has 0 saturated heterocycles. The first-order valence-electron chi connectivity index (χ1n) is 2.85. The molecule has 0 aliphatic carbocycles. The molecule has 0 spiro atoms. The molecule has 0 atom stereocenters. The van der Waals surface area contributed by atoms with Gasteiger partial charge in [0, 0.05) is 26.0 Å². The third kappa shape index (κ3) is 5.06. The fraction of sp³-hybridized carbons (Fsp3) is 0.800. The minimum absolute atomic E-state index is 0. The van der Waals surface area contributed by atoms with Crippen molar-refractivity contribution in [2.75, 3.05) is 13.2 Å². The molecule has 0 aliphatic rings. The molecule has 0 radical (unpaired) electrons. The molecule has 5 heteroatoms. The molecule has 10 heavy (non-hydrogen) atoms. The summed E-state index contributed by atoms with van der Waals surface area (Å²) in [6.07, 6.45) is -0.386. The minimum Gasteiger partial charge on any atom is -0.449 e. The van der Waals surface area contributed by atoms with Crippen LogP contribution in [0.4, 0.5) is 4.79 Å². The van der Waals surface area contributed by atoms with Crippen LogP contribution in [0, 0.1) is 0 Å². The molecule has 0 aromatic rings. The van der Waals surface area contributed by atoms with Crippen molar-refractivity contribution >= 4 is 18.9 Å². The fourth-order valence-corrected chi connectivity index (χ4v) is 0.385. The fourth-order valence-electron chi connectivity index (χ4n) is 0.327. The molecule has 0 N–H and O–H groups in total. The van der Waals surface area contributed by atoms with Crippen molar-refractivity contribution in [3.8, 4) is 0 Å². The SMILES string of the molecule is CCOC(=O)N(S)CC.[Zn]. The molecule has 0 aliphatic heterocycles. The Labute approximate surface area is 79.4 Å². The van der Waals surface area contributed by atoms with E-state index in [1.807, 2.05) is 6.92 Å². The number of ether oxygens (including phenoxy) is 1. The molecule has 0 fully saturated rings. The monoisotopic (exact) mass is 213 g/mol. The van der Waals surface area contributed by atoms with E-state index in [1.165, 1.54) is 4.31 Å². The zero-order chi connectivity index (χ0) is 7.28. The number of rotatable bonds is 2. The Morgan fingerprint density at radius 1 is 1.60 bits per heavy atom. The molecule has 0 bridgehead atoms. The second-order valence-electron chi connectivity index (χ2n) is 1.41. The number of hydrogen-bond acceptors (Lipinski definition) is 3. The van der Waals surface area contributed by atoms with Gasteiger partial charge in [0.15, 0.2) is 0 Å². The van der Waals surface area contributed by atoms with Gasteiger partial charge in [0.25, 0.3) is 0 Å². The Morgan fingerprint density at radius 3 is 2.40 bits per heavy atom. The van der Waals surface area contributed by atoms with Crippen LogP contribution in [0.3, 0.4) is 0 Å². The Kier molecular flexibility index (Phi) is 9.47. The standard InChI is InChI=1S/C5H11NO2S.Zn/c1-3-6(9)5(7)8-4-2;/h9H,3-4H2,1-2H3;. The number of thiol groups is 1. The van der Waals surface area contributed by atoms with E-state index in [0.29, 0.717) is 13.2 Å². The quantitative estimate of drug-likeness (QED) is 0.555. The van der Waals surface area contributed by atoms with Crippen LogP contribution in [0.2, 0.25) is 0 Å². The Balaban J connectivity index is 0. The molecule has 0 saturated carbocycles. The topological polar surface area (TPSA) is 29.5 Å². The first kappa shape index (κ1) is 12.9. The van der Waals surface area contributed by atoms with Gasteiger partial charge in [-0.3, -0.25) is 4.31 Å². The normalized spacial score (nSPS) is 7.90. The van der Waals surface area contributed by atoms with E-state index in [4.69, 9.17) is 0 Å². The molecule has 0 aromatic carbocycles. The molecule has 0 heterocycles. The summed E-state index contributed by atoms with van der Waals surface area (Å²) in [7, 11) is 0. The molecular formula is C5H11NO2SZn. The van der Waals surface area contributed by atoms with Crippen LogP contribution in [0.1, 0.15) is 13.8 Å². The number of nitrogens with zero attached hydrogens (tertiary/aromatic N) is 1. The predicted molar refractivity (Wildman–Crippen MR) is 38.4 cm³/mol. The van der Waals surface area contributed by atoms with Gasteiger partial charge in [0.05, 0.1) is 6.61 Å². The first-order chi connectivity index (χ1) is 4.22. The van der Waals surface area contributed by atoms with Gasteiger partial charge in [-0.05, 0) is 13.8 Å².